The number of carbonyl (C=O) groups is 2. The zero-order valence-corrected chi connectivity index (χ0v) is 43.8. The molecule has 0 heterocycles. The second-order valence-electron chi connectivity index (χ2n) is 16.2. The predicted octanol–water partition coefficient (Wildman–Crippen LogP) is 3.77. The van der Waals surface area contributed by atoms with E-state index in [0.717, 1.165) is 83.5 Å². The normalized spacial score (nSPS) is 15.8. The van der Waals surface area contributed by atoms with Gasteiger partial charge in [-0.05, 0) is 89.9 Å². The first-order valence-corrected chi connectivity index (χ1v) is 25.4. The lowest BCUT2D eigenvalue weighted by molar-refractivity contribution is -0.635. The van der Waals surface area contributed by atoms with Crippen molar-refractivity contribution in [2.45, 2.75) is 165 Å². The van der Waals surface area contributed by atoms with Crippen molar-refractivity contribution in [3.8, 4) is 0 Å². The van der Waals surface area contributed by atoms with Crippen LogP contribution in [-0.4, -0.2) is 162 Å². The van der Waals surface area contributed by atoms with E-state index in [-0.39, 0.29) is 25.9 Å². The van der Waals surface area contributed by atoms with E-state index in [1.54, 1.807) is 24.7 Å². The van der Waals surface area contributed by atoms with Crippen molar-refractivity contribution >= 4 is 11.9 Å². The Kier molecular flexibility index (Phi) is 60.9. The first-order chi connectivity index (χ1) is 34.6. The van der Waals surface area contributed by atoms with E-state index in [4.69, 9.17) is 40.9 Å². The standard InChI is InChI=1S/C22H32O2.C20H30O2.2C7H17NO5/c1-2-3-4-5-6-7-8-9-10-11-12-13-14-15-16-17-18-19-20-21-22(23)24;1-2-3-4-5-6-7-8-9-10-11-12-13-14-15-16-17-18-19-20(21)22;2*1-8-2-4(10)6(12)7(13)5(11)3-9/h3-4,6-7,9-10,12-13,15-16,18-19H,2,5,8,11,14,17,20-21H2,1H3,(H,23,24);3-4,6-7,9-10,12-13,15-16H,2,5,8,11,14,17-19H2,1H3,(H,21,22);2*4-13H,2-3H2,1H3/p+2/b4-3-,7-6-,10-9-,13-12-,16-15-,19-18-;4-3-,7-6-,10-9-,13-12-,16-15-;;/t;;2*4-,5+,6+,7+/m..00/s1. The van der Waals surface area contributed by atoms with Crippen LogP contribution in [-0.2, 0) is 9.59 Å². The van der Waals surface area contributed by atoms with Crippen molar-refractivity contribution in [3.05, 3.63) is 134 Å². The average molecular weight is 1020 g/mol. The Morgan fingerprint density at radius 2 is 0.597 bits per heavy atom. The van der Waals surface area contributed by atoms with Gasteiger partial charge in [-0.15, -0.1) is 0 Å². The highest BCUT2D eigenvalue weighted by Gasteiger charge is 2.31. The van der Waals surface area contributed by atoms with Crippen LogP contribution < -0.4 is 10.6 Å². The van der Waals surface area contributed by atoms with Crippen LogP contribution in [0.3, 0.4) is 0 Å². The summed E-state index contributed by atoms with van der Waals surface area (Å²) in [6.07, 6.45) is 49.8. The van der Waals surface area contributed by atoms with Crippen LogP contribution in [0.15, 0.2) is 134 Å². The number of unbranched alkanes of at least 4 members (excludes halogenated alkanes) is 1. The SMILES string of the molecule is CC/C=C\C/C=C\C/C=C\C/C=C\C/C=C\C/C=C\CCC(=O)O.CC/C=C\C/C=C\C/C=C\C/C=C\C/C=C\CCCC(=O)O.C[NH2+]C[C@H](O)[C@@H](O)[C@H](O)[C@H](O)CO.C[NH2+]C[C@H](O)[C@@H](O)[C@H](O)[C@H](O)CO. The number of allylic oxidation sites excluding steroid dienone is 22. The number of quaternary nitrogens is 2. The molecule has 0 spiro atoms. The van der Waals surface area contributed by atoms with Crippen molar-refractivity contribution in [1.82, 2.24) is 0 Å². The van der Waals surface area contributed by atoms with E-state index >= 15 is 0 Å². The summed E-state index contributed by atoms with van der Waals surface area (Å²) in [6, 6.07) is 0. The van der Waals surface area contributed by atoms with Gasteiger partial charge in [0.05, 0.1) is 27.3 Å². The molecule has 0 aliphatic heterocycles. The smallest absolute Gasteiger partial charge is 0.303 e. The van der Waals surface area contributed by atoms with Gasteiger partial charge in [-0.25, -0.2) is 0 Å². The number of aliphatic hydroxyl groups excluding tert-OH is 10. The Morgan fingerprint density at radius 3 is 0.833 bits per heavy atom. The summed E-state index contributed by atoms with van der Waals surface area (Å²) in [6.45, 7) is 3.43. The van der Waals surface area contributed by atoms with Gasteiger partial charge in [0, 0.05) is 12.8 Å². The van der Waals surface area contributed by atoms with E-state index < -0.39 is 74.0 Å². The van der Waals surface area contributed by atoms with Gasteiger partial charge in [-0.2, -0.15) is 0 Å². The second-order valence-corrected chi connectivity index (χ2v) is 16.2. The molecule has 0 rings (SSSR count). The summed E-state index contributed by atoms with van der Waals surface area (Å²) in [5, 5.41) is 110. The molecular formula is C56H98N2O14+2. The molecule has 0 amide bonds. The lowest BCUT2D eigenvalue weighted by Gasteiger charge is -2.24. The molecule has 0 aromatic rings. The fourth-order valence-electron chi connectivity index (χ4n) is 5.47. The Balaban J connectivity index is -0.000000444. The topological polar surface area (TPSA) is 310 Å². The minimum atomic E-state index is -1.53. The number of aliphatic carboxylic acids is 2. The molecule has 0 aliphatic carbocycles. The fraction of sp³-hybridized carbons (Fsp3) is 0.571. The van der Waals surface area contributed by atoms with E-state index in [0.29, 0.717) is 6.42 Å². The summed E-state index contributed by atoms with van der Waals surface area (Å²) in [5.41, 5.74) is 0. The van der Waals surface area contributed by atoms with Gasteiger partial charge in [-0.1, -0.05) is 148 Å². The second kappa shape index (κ2) is 59.2. The van der Waals surface area contributed by atoms with Gasteiger partial charge in [-0.3, -0.25) is 9.59 Å². The van der Waals surface area contributed by atoms with Crippen LogP contribution in [0.25, 0.3) is 0 Å². The third kappa shape index (κ3) is 56.5. The number of rotatable bonds is 39. The van der Waals surface area contributed by atoms with Crippen molar-refractivity contribution in [3.63, 3.8) is 0 Å². The van der Waals surface area contributed by atoms with Gasteiger partial charge in [0.2, 0.25) is 0 Å². The molecule has 72 heavy (non-hydrogen) atoms. The lowest BCUT2D eigenvalue weighted by Crippen LogP contribution is -2.83. The van der Waals surface area contributed by atoms with Crippen molar-refractivity contribution < 1.29 is 81.5 Å². The molecule has 0 saturated heterocycles. The van der Waals surface area contributed by atoms with Crippen molar-refractivity contribution in [1.29, 1.82) is 0 Å². The summed E-state index contributed by atoms with van der Waals surface area (Å²) in [7, 11) is 3.40. The molecule has 16 nitrogen and oxygen atoms in total. The minimum Gasteiger partial charge on any atom is -0.481 e. The fourth-order valence-corrected chi connectivity index (χ4v) is 5.47. The Bertz CT molecular complexity index is 1520. The highest BCUT2D eigenvalue weighted by molar-refractivity contribution is 5.67. The zero-order valence-electron chi connectivity index (χ0n) is 43.8. The van der Waals surface area contributed by atoms with Gasteiger partial charge in [0.25, 0.3) is 0 Å². The number of carboxylic acid groups (broad SMARTS) is 2. The molecule has 0 aliphatic rings. The maximum Gasteiger partial charge on any atom is 0.303 e. The largest absolute Gasteiger partial charge is 0.481 e. The molecule has 0 aromatic carbocycles. The van der Waals surface area contributed by atoms with E-state index in [2.05, 4.69) is 135 Å². The zero-order chi connectivity index (χ0) is 54.9. The molecule has 0 radical (unpaired) electrons. The van der Waals surface area contributed by atoms with E-state index in [1.807, 2.05) is 12.2 Å². The first-order valence-electron chi connectivity index (χ1n) is 25.4. The molecule has 0 bridgehead atoms. The summed E-state index contributed by atoms with van der Waals surface area (Å²) < 4.78 is 0. The number of aliphatic hydroxyl groups is 10. The van der Waals surface area contributed by atoms with E-state index in [9.17, 15) is 30.0 Å². The van der Waals surface area contributed by atoms with Gasteiger partial charge >= 0.3 is 11.9 Å². The summed E-state index contributed by atoms with van der Waals surface area (Å²) in [4.78, 5) is 20.6. The third-order valence-corrected chi connectivity index (χ3v) is 9.65. The Labute approximate surface area is 431 Å². The maximum absolute atomic E-state index is 10.3. The lowest BCUT2D eigenvalue weighted by atomic mass is 10.0. The van der Waals surface area contributed by atoms with Crippen LogP contribution in [0.4, 0.5) is 0 Å². The van der Waals surface area contributed by atoms with E-state index in [1.165, 1.54) is 0 Å². The summed E-state index contributed by atoms with van der Waals surface area (Å²) >= 11 is 0. The summed E-state index contributed by atoms with van der Waals surface area (Å²) in [5.74, 6) is -1.46. The van der Waals surface area contributed by atoms with Gasteiger partial charge in [0.1, 0.15) is 61.9 Å². The molecule has 0 unspecified atom stereocenters. The van der Waals surface area contributed by atoms with Crippen LogP contribution in [0.1, 0.15) is 117 Å². The molecule has 16 N–H and O–H groups in total. The van der Waals surface area contributed by atoms with Crippen LogP contribution in [0, 0.1) is 0 Å². The highest BCUT2D eigenvalue weighted by Crippen LogP contribution is 2.05. The van der Waals surface area contributed by atoms with Crippen molar-refractivity contribution in [2.24, 2.45) is 0 Å². The Hall–Kier alpha value is -4.40. The van der Waals surface area contributed by atoms with Gasteiger partial charge < -0.3 is 71.9 Å². The molecule has 0 saturated carbocycles. The monoisotopic (exact) mass is 1020 g/mol. The minimum absolute atomic E-state index is 0.210. The molecule has 16 heteroatoms. The quantitative estimate of drug-likeness (QED) is 0.0308. The molecule has 0 fully saturated rings. The number of likely N-dealkylation sites (N-methyl/N-ethyl adjacent to an activating group) is 2. The number of carboxylic acids is 2. The van der Waals surface area contributed by atoms with Gasteiger partial charge in [0.15, 0.2) is 0 Å². The number of hydrogen-bond acceptors (Lipinski definition) is 12. The number of nitrogens with two attached hydrogens (primary N) is 2. The average Bonchev–Trinajstić information content (AvgIpc) is 3.37. The molecule has 414 valence electrons. The molecular weight excluding hydrogens is 925 g/mol. The van der Waals surface area contributed by atoms with Crippen LogP contribution >= 0.6 is 0 Å². The Morgan fingerprint density at radius 1 is 0.361 bits per heavy atom. The van der Waals surface area contributed by atoms with Crippen LogP contribution in [0.2, 0.25) is 0 Å². The first kappa shape index (κ1) is 74.1. The molecule has 0 aromatic heterocycles. The van der Waals surface area contributed by atoms with Crippen molar-refractivity contribution in [2.75, 3.05) is 40.4 Å². The number of hydrogen-bond donors (Lipinski definition) is 14. The predicted molar refractivity (Wildman–Crippen MR) is 289 cm³/mol. The third-order valence-electron chi connectivity index (χ3n) is 9.65. The maximum atomic E-state index is 10.3. The van der Waals surface area contributed by atoms with Crippen LogP contribution in [0.5, 0.6) is 0 Å². The highest BCUT2D eigenvalue weighted by atomic mass is 16.4. The molecule has 8 atom stereocenters.